The highest BCUT2D eigenvalue weighted by atomic mass is 35.5. The summed E-state index contributed by atoms with van der Waals surface area (Å²) in [5, 5.41) is 3.38. The molecule has 250 valence electrons. The first-order valence-corrected chi connectivity index (χ1v) is 17.7. The van der Waals surface area contributed by atoms with E-state index in [0.29, 0.717) is 34.5 Å². The van der Waals surface area contributed by atoms with Crippen LogP contribution in [0.2, 0.25) is 5.02 Å². The number of thiazole rings is 1. The topological polar surface area (TPSA) is 94.4 Å². The van der Waals surface area contributed by atoms with E-state index in [-0.39, 0.29) is 18.6 Å². The van der Waals surface area contributed by atoms with Gasteiger partial charge < -0.3 is 19.4 Å². The monoisotopic (exact) mass is 696 g/mol. The van der Waals surface area contributed by atoms with E-state index in [9.17, 15) is 9.18 Å². The molecule has 2 saturated heterocycles. The summed E-state index contributed by atoms with van der Waals surface area (Å²) in [4.78, 5) is 29.8. The number of aromatic nitrogens is 4. The summed E-state index contributed by atoms with van der Waals surface area (Å²) in [5.74, 6) is 1.19. The van der Waals surface area contributed by atoms with E-state index >= 15 is 0 Å². The Kier molecular flexibility index (Phi) is 8.98. The van der Waals surface area contributed by atoms with Crippen LogP contribution in [-0.4, -0.2) is 56.1 Å². The summed E-state index contributed by atoms with van der Waals surface area (Å²) in [6, 6.07) is 21.9. The number of hydrogen-bond donors (Lipinski definition) is 1. The Labute approximate surface area is 291 Å². The number of nitrogens with zero attached hydrogens (tertiary/aromatic N) is 5. The van der Waals surface area contributed by atoms with Crippen LogP contribution < -0.4 is 10.1 Å². The standard InChI is InChI=1S/C37H34ClFN6O3S/c38-26-6-4-25(29(39)17-26)21-48-36-3-1-2-30(43-36)23-10-13-44(14-11-23)20-35-42-32-16-24(5-9-33(32)45(35)19-28-12-15-47-28)37(46)41-27-7-8-31-34(18-27)49-22-40-31/h1-9,16-18,22-23,28H,10-15,19-21H2,(H,41,46)/t28-/m0/s1. The average molecular weight is 697 g/mol. The Balaban J connectivity index is 0.936. The molecule has 1 N–H and O–H groups in total. The van der Waals surface area contributed by atoms with Gasteiger partial charge in [0.2, 0.25) is 5.88 Å². The second kappa shape index (κ2) is 13.8. The van der Waals surface area contributed by atoms with Gasteiger partial charge in [-0.2, -0.15) is 0 Å². The van der Waals surface area contributed by atoms with Gasteiger partial charge in [-0.1, -0.05) is 23.7 Å². The normalized spacial score (nSPS) is 17.0. The third kappa shape index (κ3) is 7.02. The van der Waals surface area contributed by atoms with E-state index in [1.165, 1.54) is 6.07 Å². The van der Waals surface area contributed by atoms with Crippen molar-refractivity contribution in [3.8, 4) is 5.88 Å². The van der Waals surface area contributed by atoms with Gasteiger partial charge in [-0.25, -0.2) is 19.3 Å². The molecule has 1 amide bonds. The predicted molar refractivity (Wildman–Crippen MR) is 189 cm³/mol. The molecule has 0 radical (unpaired) electrons. The minimum absolute atomic E-state index is 0.0840. The molecule has 49 heavy (non-hydrogen) atoms. The van der Waals surface area contributed by atoms with E-state index in [0.717, 1.165) is 84.0 Å². The number of halogens is 2. The van der Waals surface area contributed by atoms with Crippen molar-refractivity contribution in [1.29, 1.82) is 0 Å². The molecule has 3 aromatic carbocycles. The molecule has 1 atom stereocenters. The van der Waals surface area contributed by atoms with Crippen molar-refractivity contribution in [3.05, 3.63) is 112 Å². The molecular formula is C37H34ClFN6O3S. The molecule has 0 spiro atoms. The number of ether oxygens (including phenoxy) is 2. The van der Waals surface area contributed by atoms with Crippen molar-refractivity contribution in [1.82, 2.24) is 24.4 Å². The number of piperidine rings is 1. The van der Waals surface area contributed by atoms with Gasteiger partial charge in [-0.15, -0.1) is 11.3 Å². The molecular weight excluding hydrogens is 663 g/mol. The fraction of sp³-hybridized carbons (Fsp3) is 0.297. The van der Waals surface area contributed by atoms with Crippen LogP contribution in [0, 0.1) is 5.82 Å². The number of pyridine rings is 1. The number of anilines is 1. The summed E-state index contributed by atoms with van der Waals surface area (Å²) in [6.07, 6.45) is 3.10. The van der Waals surface area contributed by atoms with Gasteiger partial charge in [0.25, 0.3) is 5.91 Å². The number of likely N-dealkylation sites (tertiary alicyclic amines) is 1. The van der Waals surface area contributed by atoms with Crippen LogP contribution >= 0.6 is 22.9 Å². The first-order chi connectivity index (χ1) is 23.9. The number of nitrogens with one attached hydrogen (secondary N) is 1. The minimum atomic E-state index is -0.392. The Morgan fingerprint density at radius 1 is 1.02 bits per heavy atom. The van der Waals surface area contributed by atoms with Crippen LogP contribution in [0.15, 0.2) is 78.3 Å². The van der Waals surface area contributed by atoms with Crippen LogP contribution in [0.1, 0.15) is 52.6 Å². The van der Waals surface area contributed by atoms with Crippen molar-refractivity contribution in [2.24, 2.45) is 0 Å². The van der Waals surface area contributed by atoms with E-state index in [4.69, 9.17) is 31.0 Å². The molecule has 8 rings (SSSR count). The number of hydrogen-bond acceptors (Lipinski definition) is 8. The smallest absolute Gasteiger partial charge is 0.255 e. The van der Waals surface area contributed by atoms with Gasteiger partial charge in [0, 0.05) is 46.1 Å². The second-order valence-electron chi connectivity index (χ2n) is 12.6. The number of carbonyl (C=O) groups is 1. The molecule has 0 bridgehead atoms. The van der Waals surface area contributed by atoms with Crippen molar-refractivity contribution in [3.63, 3.8) is 0 Å². The van der Waals surface area contributed by atoms with Crippen LogP contribution in [0.3, 0.4) is 0 Å². The third-order valence-electron chi connectivity index (χ3n) is 9.36. The first kappa shape index (κ1) is 31.8. The first-order valence-electron chi connectivity index (χ1n) is 16.5. The summed E-state index contributed by atoms with van der Waals surface area (Å²) < 4.78 is 29.2. The summed E-state index contributed by atoms with van der Waals surface area (Å²) >= 11 is 7.42. The van der Waals surface area contributed by atoms with Crippen molar-refractivity contribution < 1.29 is 18.7 Å². The molecule has 2 aliphatic heterocycles. The Bertz CT molecular complexity index is 2140. The lowest BCUT2D eigenvalue weighted by atomic mass is 9.93. The number of benzene rings is 3. The quantitative estimate of drug-likeness (QED) is 0.156. The number of rotatable bonds is 10. The lowest BCUT2D eigenvalue weighted by molar-refractivity contribution is -0.0592. The maximum Gasteiger partial charge on any atom is 0.255 e. The number of amides is 1. The zero-order valence-electron chi connectivity index (χ0n) is 26.6. The fourth-order valence-corrected chi connectivity index (χ4v) is 7.40. The Morgan fingerprint density at radius 3 is 2.71 bits per heavy atom. The molecule has 6 aromatic rings. The summed E-state index contributed by atoms with van der Waals surface area (Å²) in [5.41, 5.74) is 7.24. The Hall–Kier alpha value is -4.42. The summed E-state index contributed by atoms with van der Waals surface area (Å²) in [6.45, 7) is 4.10. The SMILES string of the molecule is O=C(Nc1ccc2ncsc2c1)c1ccc2c(c1)nc(CN1CCC(c3cccc(OCc4ccc(Cl)cc4F)n3)CC1)n2C[C@@H]1CCO1. The van der Waals surface area contributed by atoms with Gasteiger partial charge >= 0.3 is 0 Å². The predicted octanol–water partition coefficient (Wildman–Crippen LogP) is 7.83. The van der Waals surface area contributed by atoms with E-state index in [1.807, 2.05) is 48.5 Å². The molecule has 9 nitrogen and oxygen atoms in total. The highest BCUT2D eigenvalue weighted by molar-refractivity contribution is 7.16. The molecule has 2 aliphatic rings. The van der Waals surface area contributed by atoms with Crippen LogP contribution in [-0.2, 0) is 24.4 Å². The summed E-state index contributed by atoms with van der Waals surface area (Å²) in [7, 11) is 0. The Morgan fingerprint density at radius 2 is 1.90 bits per heavy atom. The van der Waals surface area contributed by atoms with Gasteiger partial charge in [0.15, 0.2) is 0 Å². The van der Waals surface area contributed by atoms with Crippen molar-refractivity contribution >= 4 is 55.8 Å². The second-order valence-corrected chi connectivity index (χ2v) is 13.9. The molecule has 0 aliphatic carbocycles. The van der Waals surface area contributed by atoms with Gasteiger partial charge in [0.05, 0.1) is 46.0 Å². The zero-order valence-corrected chi connectivity index (χ0v) is 28.2. The molecule has 2 fully saturated rings. The molecule has 5 heterocycles. The average Bonchev–Trinajstić information content (AvgIpc) is 3.70. The number of carbonyl (C=O) groups excluding carboxylic acids is 1. The van der Waals surface area contributed by atoms with Crippen LogP contribution in [0.5, 0.6) is 5.88 Å². The molecule has 0 unspecified atom stereocenters. The fourth-order valence-electron chi connectivity index (χ4n) is 6.53. The van der Waals surface area contributed by atoms with Gasteiger partial charge in [0.1, 0.15) is 18.2 Å². The third-order valence-corrected chi connectivity index (χ3v) is 10.4. The molecule has 12 heteroatoms. The maximum atomic E-state index is 14.2. The van der Waals surface area contributed by atoms with E-state index < -0.39 is 5.82 Å². The minimum Gasteiger partial charge on any atom is -0.473 e. The van der Waals surface area contributed by atoms with E-state index in [2.05, 4.69) is 19.8 Å². The number of fused-ring (bicyclic) bond motifs is 2. The lowest BCUT2D eigenvalue weighted by Crippen LogP contribution is -2.35. The van der Waals surface area contributed by atoms with Gasteiger partial charge in [-0.05, 0) is 86.9 Å². The number of imidazole rings is 1. The largest absolute Gasteiger partial charge is 0.473 e. The van der Waals surface area contributed by atoms with Crippen molar-refractivity contribution in [2.45, 2.75) is 51.0 Å². The van der Waals surface area contributed by atoms with Crippen molar-refractivity contribution in [2.75, 3.05) is 25.0 Å². The lowest BCUT2D eigenvalue weighted by Gasteiger charge is -2.32. The molecule has 0 saturated carbocycles. The maximum absolute atomic E-state index is 14.2. The van der Waals surface area contributed by atoms with E-state index in [1.54, 1.807) is 35.0 Å². The molecule has 3 aromatic heterocycles. The van der Waals surface area contributed by atoms with Crippen LogP contribution in [0.25, 0.3) is 21.3 Å². The van der Waals surface area contributed by atoms with Gasteiger partial charge in [-0.3, -0.25) is 9.69 Å². The highest BCUT2D eigenvalue weighted by Crippen LogP contribution is 2.30. The van der Waals surface area contributed by atoms with Crippen LogP contribution in [0.4, 0.5) is 10.1 Å². The highest BCUT2D eigenvalue weighted by Gasteiger charge is 2.26. The zero-order chi connectivity index (χ0) is 33.3.